The van der Waals surface area contributed by atoms with E-state index in [2.05, 4.69) is 34.2 Å². The number of ether oxygens (including phenoxy) is 1. The predicted molar refractivity (Wildman–Crippen MR) is 115 cm³/mol. The van der Waals surface area contributed by atoms with E-state index in [4.69, 9.17) is 20.6 Å². The fourth-order valence-electron chi connectivity index (χ4n) is 4.53. The normalized spacial score (nSPS) is 22.5. The SMILES string of the molecule is CC1(C)Oc2ncnc(N)c2N=C1c1ccc([C@H]2CC[C@H](CCC(=O)O)CC2)cc1. The van der Waals surface area contributed by atoms with Crippen LogP contribution < -0.4 is 10.5 Å². The van der Waals surface area contributed by atoms with Gasteiger partial charge < -0.3 is 15.6 Å². The molecule has 30 heavy (non-hydrogen) atoms. The summed E-state index contributed by atoms with van der Waals surface area (Å²) in [5, 5.41) is 8.88. The fourth-order valence-corrected chi connectivity index (χ4v) is 4.53. The molecule has 3 N–H and O–H groups in total. The molecule has 0 unspecified atom stereocenters. The molecule has 1 aromatic heterocycles. The number of hydrogen-bond donors (Lipinski definition) is 2. The van der Waals surface area contributed by atoms with E-state index in [1.807, 2.05) is 13.8 Å². The smallest absolute Gasteiger partial charge is 0.303 e. The summed E-state index contributed by atoms with van der Waals surface area (Å²) in [6.07, 6.45) is 6.89. The number of hydrogen-bond acceptors (Lipinski definition) is 6. The number of benzene rings is 1. The first-order valence-electron chi connectivity index (χ1n) is 10.5. The number of fused-ring (bicyclic) bond motifs is 1. The predicted octanol–water partition coefficient (Wildman–Crippen LogP) is 4.49. The Morgan fingerprint density at radius 1 is 1.17 bits per heavy atom. The van der Waals surface area contributed by atoms with E-state index >= 15 is 0 Å². The van der Waals surface area contributed by atoms with Gasteiger partial charge >= 0.3 is 5.97 Å². The summed E-state index contributed by atoms with van der Waals surface area (Å²) in [6, 6.07) is 8.55. The van der Waals surface area contributed by atoms with Crippen LogP contribution in [0.2, 0.25) is 0 Å². The van der Waals surface area contributed by atoms with Crippen molar-refractivity contribution in [3.8, 4) is 5.88 Å². The van der Waals surface area contributed by atoms with Gasteiger partial charge in [0, 0.05) is 12.0 Å². The number of rotatable bonds is 5. The van der Waals surface area contributed by atoms with E-state index < -0.39 is 11.6 Å². The summed E-state index contributed by atoms with van der Waals surface area (Å²) in [6.45, 7) is 3.94. The quantitative estimate of drug-likeness (QED) is 0.754. The Morgan fingerprint density at radius 2 is 1.87 bits per heavy atom. The van der Waals surface area contributed by atoms with Gasteiger partial charge in [-0.25, -0.2) is 9.98 Å². The lowest BCUT2D eigenvalue weighted by molar-refractivity contribution is -0.137. The standard InChI is InChI=1S/C23H28N4O3/c1-23(2)20(27-19-21(24)25-13-26-22(19)30-23)17-10-8-16(9-11-17)15-6-3-14(4-7-15)5-12-18(28)29/h8-11,13-15H,3-7,12H2,1-2H3,(H,28,29)(H2,24,25,26)/t14-,15-. The monoisotopic (exact) mass is 408 g/mol. The molecule has 1 aliphatic carbocycles. The average Bonchev–Trinajstić information content (AvgIpc) is 2.72. The van der Waals surface area contributed by atoms with Gasteiger partial charge in [0.2, 0.25) is 5.88 Å². The molecule has 2 aromatic rings. The molecule has 0 amide bonds. The van der Waals surface area contributed by atoms with Crippen molar-refractivity contribution in [2.45, 2.75) is 63.9 Å². The molecular formula is C23H28N4O3. The number of carbonyl (C=O) groups is 1. The molecule has 158 valence electrons. The van der Waals surface area contributed by atoms with E-state index in [0.29, 0.717) is 29.2 Å². The third-order valence-electron chi connectivity index (χ3n) is 6.23. The molecular weight excluding hydrogens is 380 g/mol. The van der Waals surface area contributed by atoms with Gasteiger partial charge in [-0.2, -0.15) is 4.98 Å². The van der Waals surface area contributed by atoms with Gasteiger partial charge in [-0.3, -0.25) is 4.79 Å². The van der Waals surface area contributed by atoms with Crippen LogP contribution >= 0.6 is 0 Å². The van der Waals surface area contributed by atoms with Crippen molar-refractivity contribution in [1.82, 2.24) is 9.97 Å². The Labute approximate surface area is 176 Å². The molecule has 4 rings (SSSR count). The van der Waals surface area contributed by atoms with Gasteiger partial charge in [-0.1, -0.05) is 24.3 Å². The fraction of sp³-hybridized carbons (Fsp3) is 0.478. The highest BCUT2D eigenvalue weighted by atomic mass is 16.5. The largest absolute Gasteiger partial charge is 0.481 e. The number of nitrogens with two attached hydrogens (primary N) is 1. The lowest BCUT2D eigenvalue weighted by Gasteiger charge is -2.32. The Hall–Kier alpha value is -2.96. The van der Waals surface area contributed by atoms with Gasteiger partial charge in [0.25, 0.3) is 0 Å². The molecule has 1 aromatic carbocycles. The zero-order chi connectivity index (χ0) is 21.3. The topological polar surface area (TPSA) is 111 Å². The van der Waals surface area contributed by atoms with Gasteiger partial charge in [0.1, 0.15) is 11.9 Å². The van der Waals surface area contributed by atoms with Gasteiger partial charge in [-0.05, 0) is 63.4 Å². The molecule has 1 aliphatic heterocycles. The average molecular weight is 409 g/mol. The number of nitrogens with zero attached hydrogens (tertiary/aromatic N) is 3. The summed E-state index contributed by atoms with van der Waals surface area (Å²) >= 11 is 0. The second kappa shape index (κ2) is 8.05. The summed E-state index contributed by atoms with van der Waals surface area (Å²) in [5.41, 5.74) is 8.95. The van der Waals surface area contributed by atoms with Crippen LogP contribution in [0, 0.1) is 5.92 Å². The van der Waals surface area contributed by atoms with Crippen LogP contribution in [0.15, 0.2) is 35.6 Å². The first-order valence-corrected chi connectivity index (χ1v) is 10.5. The maximum absolute atomic E-state index is 10.8. The van der Waals surface area contributed by atoms with Crippen LogP contribution in [-0.2, 0) is 4.79 Å². The van der Waals surface area contributed by atoms with Crippen molar-refractivity contribution in [3.63, 3.8) is 0 Å². The third kappa shape index (κ3) is 4.15. The zero-order valence-corrected chi connectivity index (χ0v) is 17.5. The molecule has 2 heterocycles. The van der Waals surface area contributed by atoms with Crippen LogP contribution in [0.3, 0.4) is 0 Å². The van der Waals surface area contributed by atoms with Crippen LogP contribution in [-0.4, -0.2) is 32.4 Å². The molecule has 7 heteroatoms. The highest BCUT2D eigenvalue weighted by molar-refractivity contribution is 6.09. The van der Waals surface area contributed by atoms with Gasteiger partial charge in [-0.15, -0.1) is 0 Å². The van der Waals surface area contributed by atoms with Crippen molar-refractivity contribution in [3.05, 3.63) is 41.7 Å². The molecule has 0 saturated heterocycles. The second-order valence-electron chi connectivity index (χ2n) is 8.76. The van der Waals surface area contributed by atoms with Crippen LogP contribution in [0.5, 0.6) is 5.88 Å². The number of nitrogen functional groups attached to an aromatic ring is 1. The van der Waals surface area contributed by atoms with Gasteiger partial charge in [0.05, 0.1) is 5.71 Å². The third-order valence-corrected chi connectivity index (χ3v) is 6.23. The zero-order valence-electron chi connectivity index (χ0n) is 17.5. The highest BCUT2D eigenvalue weighted by Crippen LogP contribution is 2.40. The molecule has 0 radical (unpaired) electrons. The van der Waals surface area contributed by atoms with E-state index in [0.717, 1.165) is 43.4 Å². The summed E-state index contributed by atoms with van der Waals surface area (Å²) < 4.78 is 6.06. The Kier molecular flexibility index (Phi) is 5.45. The van der Waals surface area contributed by atoms with Gasteiger partial charge in [0.15, 0.2) is 11.5 Å². The Morgan fingerprint density at radius 3 is 2.53 bits per heavy atom. The number of aliphatic imine (C=N–C) groups is 1. The minimum absolute atomic E-state index is 0.280. The highest BCUT2D eigenvalue weighted by Gasteiger charge is 2.35. The number of anilines is 1. The Bertz CT molecular complexity index is 961. The molecule has 1 saturated carbocycles. The van der Waals surface area contributed by atoms with Crippen LogP contribution in [0.1, 0.15) is 69.4 Å². The van der Waals surface area contributed by atoms with E-state index in [-0.39, 0.29) is 6.42 Å². The summed E-state index contributed by atoms with van der Waals surface area (Å²) in [7, 11) is 0. The molecule has 0 bridgehead atoms. The van der Waals surface area contributed by atoms with Crippen molar-refractivity contribution in [2.75, 3.05) is 5.73 Å². The lowest BCUT2D eigenvalue weighted by Crippen LogP contribution is -2.41. The lowest BCUT2D eigenvalue weighted by atomic mass is 9.77. The number of aliphatic carboxylic acids is 1. The molecule has 7 nitrogen and oxygen atoms in total. The molecule has 0 atom stereocenters. The first kappa shape index (κ1) is 20.3. The van der Waals surface area contributed by atoms with Crippen molar-refractivity contribution in [1.29, 1.82) is 0 Å². The molecule has 0 spiro atoms. The maximum atomic E-state index is 10.8. The minimum atomic E-state index is -0.693. The summed E-state index contributed by atoms with van der Waals surface area (Å²) in [4.78, 5) is 23.7. The van der Waals surface area contributed by atoms with Crippen molar-refractivity contribution >= 4 is 23.2 Å². The first-order chi connectivity index (χ1) is 14.3. The maximum Gasteiger partial charge on any atom is 0.303 e. The van der Waals surface area contributed by atoms with E-state index in [1.54, 1.807) is 0 Å². The Balaban J connectivity index is 1.49. The second-order valence-corrected chi connectivity index (χ2v) is 8.76. The van der Waals surface area contributed by atoms with Crippen molar-refractivity contribution in [2.24, 2.45) is 10.9 Å². The molecule has 1 fully saturated rings. The van der Waals surface area contributed by atoms with E-state index in [1.165, 1.54) is 11.9 Å². The van der Waals surface area contributed by atoms with Crippen molar-refractivity contribution < 1.29 is 14.6 Å². The number of carboxylic acids is 1. The van der Waals surface area contributed by atoms with E-state index in [9.17, 15) is 4.79 Å². The van der Waals surface area contributed by atoms with Crippen LogP contribution in [0.4, 0.5) is 11.5 Å². The molecule has 2 aliphatic rings. The minimum Gasteiger partial charge on any atom is -0.481 e. The number of carboxylic acid groups (broad SMARTS) is 1. The summed E-state index contributed by atoms with van der Waals surface area (Å²) in [5.74, 6) is 1.10. The van der Waals surface area contributed by atoms with Crippen LogP contribution in [0.25, 0.3) is 0 Å². The number of aromatic nitrogens is 2.